The number of hydrogen-bond acceptors (Lipinski definition) is 11. The topological polar surface area (TPSA) is 186 Å². The van der Waals surface area contributed by atoms with E-state index in [0.29, 0.717) is 6.42 Å². The highest BCUT2D eigenvalue weighted by molar-refractivity contribution is 7.85. The van der Waals surface area contributed by atoms with Crippen LogP contribution in [0.25, 0.3) is 0 Å². The summed E-state index contributed by atoms with van der Waals surface area (Å²) in [6.45, 7) is 3.61. The third-order valence-corrected chi connectivity index (χ3v) is 10.7. The van der Waals surface area contributed by atoms with E-state index >= 15 is 0 Å². The second-order valence-electron chi connectivity index (χ2n) is 15.4. The van der Waals surface area contributed by atoms with Gasteiger partial charge in [-0.3, -0.25) is 9.35 Å². The average molecular weight is 843 g/mol. The van der Waals surface area contributed by atoms with Crippen LogP contribution < -0.4 is 0 Å². The van der Waals surface area contributed by atoms with Gasteiger partial charge in [-0.15, -0.1) is 0 Å². The lowest BCUT2D eigenvalue weighted by molar-refractivity contribution is -0.297. The lowest BCUT2D eigenvalue weighted by Gasteiger charge is -2.40. The van der Waals surface area contributed by atoms with Gasteiger partial charge in [0.25, 0.3) is 10.1 Å². The Morgan fingerprint density at radius 3 is 1.71 bits per heavy atom. The van der Waals surface area contributed by atoms with Crippen molar-refractivity contribution in [2.45, 2.75) is 205 Å². The predicted molar refractivity (Wildman–Crippen MR) is 229 cm³/mol. The van der Waals surface area contributed by atoms with Crippen LogP contribution in [-0.2, 0) is 38.7 Å². The summed E-state index contributed by atoms with van der Waals surface area (Å²) < 4.78 is 53.8. The van der Waals surface area contributed by atoms with Gasteiger partial charge in [0.2, 0.25) is 0 Å². The van der Waals surface area contributed by atoms with Crippen molar-refractivity contribution in [3.8, 4) is 0 Å². The maximum atomic E-state index is 12.8. The van der Waals surface area contributed by atoms with Crippen LogP contribution in [0.4, 0.5) is 0 Å². The molecule has 6 atom stereocenters. The Morgan fingerprint density at radius 2 is 1.16 bits per heavy atom. The molecule has 0 saturated carbocycles. The first kappa shape index (κ1) is 53.6. The van der Waals surface area contributed by atoms with Crippen molar-refractivity contribution < 1.29 is 56.8 Å². The number of esters is 2. The van der Waals surface area contributed by atoms with Crippen LogP contribution in [0.2, 0.25) is 0 Å². The lowest BCUT2D eigenvalue weighted by Crippen LogP contribution is -2.60. The van der Waals surface area contributed by atoms with Crippen molar-refractivity contribution in [2.24, 2.45) is 0 Å². The number of ether oxygens (including phenoxy) is 4. The van der Waals surface area contributed by atoms with Gasteiger partial charge in [-0.05, 0) is 51.4 Å². The second kappa shape index (κ2) is 35.4. The van der Waals surface area contributed by atoms with Crippen LogP contribution in [0.15, 0.2) is 48.6 Å². The van der Waals surface area contributed by atoms with E-state index in [0.717, 1.165) is 38.5 Å². The first-order chi connectivity index (χ1) is 28.0. The Morgan fingerprint density at radius 1 is 0.638 bits per heavy atom. The van der Waals surface area contributed by atoms with Gasteiger partial charge in [-0.25, -0.2) is 4.79 Å². The molecule has 0 aliphatic carbocycles. The number of allylic oxidation sites excluding steroid dienone is 7. The maximum Gasteiger partial charge on any atom is 0.330 e. The fraction of sp³-hybridized carbons (Fsp3) is 0.778. The van der Waals surface area contributed by atoms with Gasteiger partial charge in [0, 0.05) is 12.5 Å². The summed E-state index contributed by atoms with van der Waals surface area (Å²) in [5.74, 6) is -2.29. The molecule has 336 valence electrons. The molecule has 2 unspecified atom stereocenters. The number of aliphatic hydroxyl groups excluding tert-OH is 3. The summed E-state index contributed by atoms with van der Waals surface area (Å²) in [4.78, 5) is 25.2. The highest BCUT2D eigenvalue weighted by atomic mass is 32.2. The molecule has 0 aromatic carbocycles. The van der Waals surface area contributed by atoms with Crippen LogP contribution in [0.3, 0.4) is 0 Å². The predicted octanol–water partition coefficient (Wildman–Crippen LogP) is 8.78. The summed E-state index contributed by atoms with van der Waals surface area (Å²) in [5.41, 5.74) is 0. The van der Waals surface area contributed by atoms with Gasteiger partial charge in [-0.1, -0.05) is 153 Å². The first-order valence-electron chi connectivity index (χ1n) is 22.2. The SMILES string of the molecule is CCCCCCCC/C=C/C/C=C/CCCCC(=O)O[C@H](COC(=O)/C=C/C=C/CCCCCCCCCCCCC)CO[C@H]1O[C@H](CS(=O)(=O)O)[C@@H](O)C(O)C1O. The minimum absolute atomic E-state index is 0.101. The van der Waals surface area contributed by atoms with E-state index in [4.69, 9.17) is 18.9 Å². The molecule has 1 aliphatic rings. The van der Waals surface area contributed by atoms with Crippen LogP contribution in [0.5, 0.6) is 0 Å². The Labute approximate surface area is 350 Å². The highest BCUT2D eigenvalue weighted by Crippen LogP contribution is 2.24. The molecule has 0 aromatic heterocycles. The number of unbranched alkanes of at least 4 members (excludes halogenated alkanes) is 19. The van der Waals surface area contributed by atoms with E-state index < -0.39 is 77.8 Å². The van der Waals surface area contributed by atoms with Crippen molar-refractivity contribution in [1.29, 1.82) is 0 Å². The molecule has 0 bridgehead atoms. The zero-order valence-corrected chi connectivity index (χ0v) is 36.5. The maximum absolute atomic E-state index is 12.8. The molecule has 1 rings (SSSR count). The Balaban J connectivity index is 2.54. The summed E-state index contributed by atoms with van der Waals surface area (Å²) >= 11 is 0. The van der Waals surface area contributed by atoms with Gasteiger partial charge in [0.1, 0.15) is 36.8 Å². The van der Waals surface area contributed by atoms with Gasteiger partial charge in [-0.2, -0.15) is 8.42 Å². The van der Waals surface area contributed by atoms with Crippen molar-refractivity contribution >= 4 is 22.1 Å². The number of carbonyl (C=O) groups excluding carboxylic acids is 2. The molecule has 1 saturated heterocycles. The molecular weight excluding hydrogens is 765 g/mol. The van der Waals surface area contributed by atoms with Gasteiger partial charge in [0.15, 0.2) is 12.4 Å². The Kier molecular flexibility index (Phi) is 32.7. The van der Waals surface area contributed by atoms with Gasteiger partial charge >= 0.3 is 11.9 Å². The monoisotopic (exact) mass is 843 g/mol. The summed E-state index contributed by atoms with van der Waals surface area (Å²) in [6, 6.07) is 0. The number of rotatable bonds is 36. The molecule has 1 fully saturated rings. The standard InChI is InChI=1S/C45H78O12S/c1-3-5-7-9-11-13-15-17-19-21-23-25-27-29-31-33-40(46)54-35-38(36-55-45-44(50)43(49)42(48)39(57-45)37-58(51,52)53)56-41(47)34-32-30-28-26-24-22-20-18-16-14-12-10-8-6-4-2/h18,20,24,26-27,29,31,33,38-39,42-45,48-50H,3-17,19,21-23,25,28,30,32,34-37H2,1-2H3,(H,51,52,53)/b20-18+,26-24+,29-27+,33-31+/t38-,39-,42-,43?,44?,45+/m1/s1. The molecule has 0 amide bonds. The normalized spacial score (nSPS) is 20.8. The van der Waals surface area contributed by atoms with E-state index in [1.54, 1.807) is 12.2 Å². The zero-order chi connectivity index (χ0) is 42.7. The summed E-state index contributed by atoms with van der Waals surface area (Å²) in [5, 5.41) is 30.8. The molecule has 0 aromatic rings. The minimum atomic E-state index is -4.61. The quantitative estimate of drug-likeness (QED) is 0.0118. The van der Waals surface area contributed by atoms with Crippen molar-refractivity contribution in [3.63, 3.8) is 0 Å². The minimum Gasteiger partial charge on any atom is -0.458 e. The van der Waals surface area contributed by atoms with E-state index in [-0.39, 0.29) is 6.42 Å². The Hall–Kier alpha value is -2.39. The average Bonchev–Trinajstić information content (AvgIpc) is 3.18. The fourth-order valence-electron chi connectivity index (χ4n) is 6.50. The van der Waals surface area contributed by atoms with Gasteiger partial charge < -0.3 is 34.3 Å². The molecule has 4 N–H and O–H groups in total. The molecule has 58 heavy (non-hydrogen) atoms. The van der Waals surface area contributed by atoms with Crippen LogP contribution in [0.1, 0.15) is 168 Å². The molecule has 12 nitrogen and oxygen atoms in total. The van der Waals surface area contributed by atoms with Gasteiger partial charge in [0.05, 0.1) is 6.61 Å². The number of hydrogen-bond donors (Lipinski definition) is 4. The van der Waals surface area contributed by atoms with E-state index in [9.17, 15) is 37.9 Å². The molecule has 0 spiro atoms. The molecular formula is C45H78O12S. The molecule has 0 radical (unpaired) electrons. The summed E-state index contributed by atoms with van der Waals surface area (Å²) in [7, 11) is -4.61. The van der Waals surface area contributed by atoms with E-state index in [1.165, 1.54) is 109 Å². The molecule has 1 aliphatic heterocycles. The van der Waals surface area contributed by atoms with Crippen molar-refractivity contribution in [2.75, 3.05) is 19.0 Å². The fourth-order valence-corrected chi connectivity index (χ4v) is 7.19. The summed E-state index contributed by atoms with van der Waals surface area (Å²) in [6.07, 6.45) is 32.2. The number of carbonyl (C=O) groups is 2. The second-order valence-corrected chi connectivity index (χ2v) is 16.9. The zero-order valence-electron chi connectivity index (χ0n) is 35.6. The number of aliphatic hydroxyl groups is 3. The molecule has 13 heteroatoms. The van der Waals surface area contributed by atoms with E-state index in [1.807, 2.05) is 6.08 Å². The van der Waals surface area contributed by atoms with Crippen LogP contribution in [0, 0.1) is 0 Å². The Bertz CT molecular complexity index is 1260. The van der Waals surface area contributed by atoms with Crippen LogP contribution in [-0.4, -0.2) is 96.0 Å². The van der Waals surface area contributed by atoms with Crippen LogP contribution >= 0.6 is 0 Å². The first-order valence-corrected chi connectivity index (χ1v) is 23.8. The third kappa shape index (κ3) is 29.8. The third-order valence-electron chi connectivity index (χ3n) is 9.98. The largest absolute Gasteiger partial charge is 0.458 e. The molecule has 1 heterocycles. The van der Waals surface area contributed by atoms with E-state index in [2.05, 4.69) is 38.2 Å². The lowest BCUT2D eigenvalue weighted by atomic mass is 10.00. The smallest absolute Gasteiger partial charge is 0.330 e. The van der Waals surface area contributed by atoms with Crippen molar-refractivity contribution in [3.05, 3.63) is 48.6 Å². The highest BCUT2D eigenvalue weighted by Gasteiger charge is 2.46. The van der Waals surface area contributed by atoms with Crippen molar-refractivity contribution in [1.82, 2.24) is 0 Å².